The molecule has 1 aromatic rings. The Morgan fingerprint density at radius 2 is 1.92 bits per heavy atom. The molecular formula is C17H23N3O6. The van der Waals surface area contributed by atoms with Crippen LogP contribution in [0.15, 0.2) is 24.3 Å². The molecule has 9 heteroatoms. The number of nitrogens with two attached hydrogens (primary N) is 1. The summed E-state index contributed by atoms with van der Waals surface area (Å²) in [5.41, 5.74) is 6.56. The Labute approximate surface area is 150 Å². The van der Waals surface area contributed by atoms with E-state index in [1.165, 1.54) is 17.0 Å². The number of nitrogens with one attached hydrogen (secondary N) is 1. The molecule has 26 heavy (non-hydrogen) atoms. The van der Waals surface area contributed by atoms with Crippen molar-refractivity contribution in [2.75, 3.05) is 6.54 Å². The van der Waals surface area contributed by atoms with Gasteiger partial charge in [0.2, 0.25) is 11.8 Å². The van der Waals surface area contributed by atoms with Crippen LogP contribution in [0.3, 0.4) is 0 Å². The number of phenols is 1. The lowest BCUT2D eigenvalue weighted by Gasteiger charge is -2.26. The minimum atomic E-state index is -1.29. The highest BCUT2D eigenvalue weighted by atomic mass is 16.4. The lowest BCUT2D eigenvalue weighted by molar-refractivity contribution is -0.147. The third kappa shape index (κ3) is 5.17. The van der Waals surface area contributed by atoms with Crippen molar-refractivity contribution in [1.82, 2.24) is 10.2 Å². The number of carbonyl (C=O) groups excluding carboxylic acids is 2. The number of aromatic hydroxyl groups is 1. The van der Waals surface area contributed by atoms with Gasteiger partial charge in [-0.1, -0.05) is 12.1 Å². The lowest BCUT2D eigenvalue weighted by atomic mass is 10.0. The summed E-state index contributed by atoms with van der Waals surface area (Å²) in [5.74, 6) is -2.46. The van der Waals surface area contributed by atoms with Gasteiger partial charge in [0, 0.05) is 6.54 Å². The fourth-order valence-corrected chi connectivity index (χ4v) is 2.84. The van der Waals surface area contributed by atoms with Crippen molar-refractivity contribution in [1.29, 1.82) is 0 Å². The number of benzene rings is 1. The van der Waals surface area contributed by atoms with E-state index in [1.54, 1.807) is 12.1 Å². The highest BCUT2D eigenvalue weighted by molar-refractivity contribution is 5.92. The number of hydrogen-bond donors (Lipinski definition) is 5. The SMILES string of the molecule is N[C@@H](Cc1ccc(O)cc1)C(=O)N[C@@H](CC(=O)O)C(=O)N1CCC[C@H]1O. The van der Waals surface area contributed by atoms with Crippen molar-refractivity contribution in [3.05, 3.63) is 29.8 Å². The van der Waals surface area contributed by atoms with Crippen molar-refractivity contribution < 1.29 is 29.7 Å². The normalized spacial score (nSPS) is 19.0. The summed E-state index contributed by atoms with van der Waals surface area (Å²) in [7, 11) is 0. The summed E-state index contributed by atoms with van der Waals surface area (Å²) in [6, 6.07) is 3.87. The Bertz CT molecular complexity index is 663. The topological polar surface area (TPSA) is 153 Å². The number of likely N-dealkylation sites (tertiary alicyclic amines) is 1. The first-order chi connectivity index (χ1) is 12.3. The summed E-state index contributed by atoms with van der Waals surface area (Å²) in [5, 5.41) is 30.5. The van der Waals surface area contributed by atoms with Crippen LogP contribution in [0.4, 0.5) is 0 Å². The number of aliphatic hydroxyl groups excluding tert-OH is 1. The number of aliphatic hydroxyl groups is 1. The number of nitrogens with zero attached hydrogens (tertiary/aromatic N) is 1. The molecule has 1 aliphatic heterocycles. The Hall–Kier alpha value is -2.65. The van der Waals surface area contributed by atoms with E-state index in [1.807, 2.05) is 0 Å². The molecule has 1 aliphatic rings. The highest BCUT2D eigenvalue weighted by Crippen LogP contribution is 2.17. The molecule has 0 aromatic heterocycles. The predicted molar refractivity (Wildman–Crippen MR) is 90.9 cm³/mol. The second kappa shape index (κ2) is 8.63. The average molecular weight is 365 g/mol. The first-order valence-corrected chi connectivity index (χ1v) is 8.32. The van der Waals surface area contributed by atoms with Gasteiger partial charge in [-0.3, -0.25) is 14.4 Å². The van der Waals surface area contributed by atoms with Gasteiger partial charge in [-0.2, -0.15) is 0 Å². The molecule has 3 atom stereocenters. The molecule has 1 saturated heterocycles. The zero-order valence-corrected chi connectivity index (χ0v) is 14.2. The second-order valence-electron chi connectivity index (χ2n) is 6.29. The van der Waals surface area contributed by atoms with Gasteiger partial charge < -0.3 is 31.3 Å². The van der Waals surface area contributed by atoms with Crippen LogP contribution < -0.4 is 11.1 Å². The summed E-state index contributed by atoms with van der Waals surface area (Å²) in [6.45, 7) is 0.311. The molecule has 6 N–H and O–H groups in total. The maximum atomic E-state index is 12.5. The van der Waals surface area contributed by atoms with Crippen LogP contribution in [0, 0.1) is 0 Å². The number of carbonyl (C=O) groups is 3. The van der Waals surface area contributed by atoms with Crippen molar-refractivity contribution >= 4 is 17.8 Å². The van der Waals surface area contributed by atoms with Crippen molar-refractivity contribution in [2.24, 2.45) is 5.73 Å². The Morgan fingerprint density at radius 1 is 1.27 bits per heavy atom. The van der Waals surface area contributed by atoms with Crippen LogP contribution in [0.25, 0.3) is 0 Å². The van der Waals surface area contributed by atoms with E-state index < -0.39 is 42.5 Å². The maximum Gasteiger partial charge on any atom is 0.305 e. The Balaban J connectivity index is 2.01. The van der Waals surface area contributed by atoms with E-state index in [0.717, 1.165) is 0 Å². The molecular weight excluding hydrogens is 342 g/mol. The van der Waals surface area contributed by atoms with Crippen LogP contribution in [0.2, 0.25) is 0 Å². The summed E-state index contributed by atoms with van der Waals surface area (Å²) < 4.78 is 0. The first kappa shape index (κ1) is 19.7. The van der Waals surface area contributed by atoms with Crippen LogP contribution in [0.5, 0.6) is 5.75 Å². The number of hydrogen-bond acceptors (Lipinski definition) is 6. The number of carboxylic acid groups (broad SMARTS) is 1. The van der Waals surface area contributed by atoms with E-state index in [0.29, 0.717) is 24.9 Å². The third-order valence-corrected chi connectivity index (χ3v) is 4.23. The van der Waals surface area contributed by atoms with E-state index in [9.17, 15) is 24.6 Å². The number of aliphatic carboxylic acids is 1. The minimum absolute atomic E-state index is 0.0862. The largest absolute Gasteiger partial charge is 0.508 e. The second-order valence-corrected chi connectivity index (χ2v) is 6.29. The average Bonchev–Trinajstić information content (AvgIpc) is 3.01. The zero-order chi connectivity index (χ0) is 19.3. The number of amides is 2. The molecule has 2 amide bonds. The summed E-state index contributed by atoms with van der Waals surface area (Å²) in [6.07, 6.45) is -0.381. The van der Waals surface area contributed by atoms with Gasteiger partial charge in [-0.15, -0.1) is 0 Å². The van der Waals surface area contributed by atoms with E-state index >= 15 is 0 Å². The number of carboxylic acids is 1. The van der Waals surface area contributed by atoms with E-state index in [2.05, 4.69) is 5.32 Å². The van der Waals surface area contributed by atoms with Gasteiger partial charge in [-0.05, 0) is 37.0 Å². The molecule has 0 bridgehead atoms. The molecule has 9 nitrogen and oxygen atoms in total. The molecule has 1 fully saturated rings. The van der Waals surface area contributed by atoms with Crippen molar-refractivity contribution in [3.8, 4) is 5.75 Å². The Morgan fingerprint density at radius 3 is 2.46 bits per heavy atom. The number of phenolic OH excluding ortho intramolecular Hbond substituents is 1. The van der Waals surface area contributed by atoms with Gasteiger partial charge in [0.1, 0.15) is 18.0 Å². The van der Waals surface area contributed by atoms with E-state index in [4.69, 9.17) is 10.8 Å². The van der Waals surface area contributed by atoms with Gasteiger partial charge >= 0.3 is 5.97 Å². The quantitative estimate of drug-likeness (QED) is 0.422. The molecule has 0 spiro atoms. The van der Waals surface area contributed by atoms with Gasteiger partial charge in [0.05, 0.1) is 12.5 Å². The molecule has 0 saturated carbocycles. The Kier molecular flexibility index (Phi) is 6.53. The van der Waals surface area contributed by atoms with Crippen molar-refractivity contribution in [2.45, 2.75) is 44.0 Å². The third-order valence-electron chi connectivity index (χ3n) is 4.23. The lowest BCUT2D eigenvalue weighted by Crippen LogP contribution is -2.54. The zero-order valence-electron chi connectivity index (χ0n) is 14.2. The molecule has 1 heterocycles. The molecule has 142 valence electrons. The van der Waals surface area contributed by atoms with Crippen LogP contribution in [-0.4, -0.2) is 62.9 Å². The van der Waals surface area contributed by atoms with Crippen LogP contribution in [0.1, 0.15) is 24.8 Å². The maximum absolute atomic E-state index is 12.5. The minimum Gasteiger partial charge on any atom is -0.508 e. The van der Waals surface area contributed by atoms with Gasteiger partial charge in [-0.25, -0.2) is 0 Å². The molecule has 0 unspecified atom stereocenters. The van der Waals surface area contributed by atoms with Gasteiger partial charge in [0.15, 0.2) is 0 Å². The van der Waals surface area contributed by atoms with Crippen molar-refractivity contribution in [3.63, 3.8) is 0 Å². The summed E-state index contributed by atoms with van der Waals surface area (Å²) >= 11 is 0. The fraction of sp³-hybridized carbons (Fsp3) is 0.471. The first-order valence-electron chi connectivity index (χ1n) is 8.32. The van der Waals surface area contributed by atoms with Gasteiger partial charge in [0.25, 0.3) is 0 Å². The van der Waals surface area contributed by atoms with Crippen LogP contribution in [-0.2, 0) is 20.8 Å². The van der Waals surface area contributed by atoms with Crippen LogP contribution >= 0.6 is 0 Å². The number of rotatable bonds is 7. The molecule has 0 aliphatic carbocycles. The molecule has 2 rings (SSSR count). The monoisotopic (exact) mass is 365 g/mol. The highest BCUT2D eigenvalue weighted by Gasteiger charge is 2.34. The molecule has 0 radical (unpaired) electrons. The summed E-state index contributed by atoms with van der Waals surface area (Å²) in [4.78, 5) is 37.0. The molecule has 1 aromatic carbocycles. The standard InChI is InChI=1S/C17H23N3O6/c18-12(8-10-3-5-11(21)6-4-10)16(25)19-13(9-15(23)24)17(26)20-7-1-2-14(20)22/h3-6,12-14,21-22H,1-2,7-9,18H2,(H,19,25)(H,23,24)/t12-,13-,14+/m0/s1. The fourth-order valence-electron chi connectivity index (χ4n) is 2.84. The predicted octanol–water partition coefficient (Wildman–Crippen LogP) is -0.838. The van der Waals surface area contributed by atoms with E-state index in [-0.39, 0.29) is 12.2 Å². The smallest absolute Gasteiger partial charge is 0.305 e.